The van der Waals surface area contributed by atoms with Crippen molar-refractivity contribution in [3.05, 3.63) is 78.4 Å². The molecule has 3 rings (SSSR count). The van der Waals surface area contributed by atoms with E-state index in [0.717, 1.165) is 0 Å². The minimum Gasteiger partial charge on any atom is -0.0622 e. The molecule has 0 aromatic heterocycles. The molecule has 3 aromatic rings. The van der Waals surface area contributed by atoms with Crippen molar-refractivity contribution in [2.24, 2.45) is 0 Å². The number of rotatable bonds is 4. The van der Waals surface area contributed by atoms with Crippen molar-refractivity contribution in [3.8, 4) is 0 Å². The van der Waals surface area contributed by atoms with E-state index in [1.807, 2.05) is 0 Å². The third-order valence-electron chi connectivity index (χ3n) is 3.99. The van der Waals surface area contributed by atoms with Crippen LogP contribution in [0.2, 0.25) is 0 Å². The van der Waals surface area contributed by atoms with Gasteiger partial charge < -0.3 is 0 Å². The SMILES string of the molecule is CC(C[S+](C)c1ccc2ccccc2c1)c1ccccc1. The normalized spacial score (nSPS) is 14.0. The number of hydrogen-bond donors (Lipinski definition) is 0. The van der Waals surface area contributed by atoms with E-state index in [2.05, 4.69) is 86.0 Å². The van der Waals surface area contributed by atoms with Gasteiger partial charge in [-0.3, -0.25) is 0 Å². The lowest BCUT2D eigenvalue weighted by Crippen LogP contribution is -2.12. The van der Waals surface area contributed by atoms with E-state index < -0.39 is 0 Å². The predicted molar refractivity (Wildman–Crippen MR) is 95.2 cm³/mol. The Morgan fingerprint density at radius 2 is 1.48 bits per heavy atom. The second-order valence-corrected chi connectivity index (χ2v) is 7.70. The van der Waals surface area contributed by atoms with Gasteiger partial charge in [-0.25, -0.2) is 0 Å². The topological polar surface area (TPSA) is 0 Å². The van der Waals surface area contributed by atoms with Crippen LogP contribution in [-0.4, -0.2) is 12.0 Å². The zero-order valence-corrected chi connectivity index (χ0v) is 13.4. The van der Waals surface area contributed by atoms with Crippen molar-refractivity contribution in [1.82, 2.24) is 0 Å². The number of benzene rings is 3. The molecule has 2 atom stereocenters. The summed E-state index contributed by atoms with van der Waals surface area (Å²) in [7, 11) is 0.280. The molecule has 2 unspecified atom stereocenters. The lowest BCUT2D eigenvalue weighted by Gasteiger charge is -2.11. The van der Waals surface area contributed by atoms with Crippen molar-refractivity contribution in [1.29, 1.82) is 0 Å². The number of fused-ring (bicyclic) bond motifs is 1. The van der Waals surface area contributed by atoms with Gasteiger partial charge in [0.15, 0.2) is 4.90 Å². The quantitative estimate of drug-likeness (QED) is 0.576. The first kappa shape index (κ1) is 14.2. The van der Waals surface area contributed by atoms with Crippen LogP contribution in [0.4, 0.5) is 0 Å². The zero-order chi connectivity index (χ0) is 14.7. The Hall–Kier alpha value is -1.73. The van der Waals surface area contributed by atoms with Gasteiger partial charge in [0.25, 0.3) is 0 Å². The van der Waals surface area contributed by atoms with E-state index in [4.69, 9.17) is 0 Å². The minimum atomic E-state index is 0.280. The van der Waals surface area contributed by atoms with Gasteiger partial charge >= 0.3 is 0 Å². The predicted octanol–water partition coefficient (Wildman–Crippen LogP) is 5.25. The van der Waals surface area contributed by atoms with Crippen molar-refractivity contribution >= 4 is 21.7 Å². The largest absolute Gasteiger partial charge is 0.155 e. The lowest BCUT2D eigenvalue weighted by molar-refractivity contribution is 0.876. The third kappa shape index (κ3) is 3.30. The summed E-state index contributed by atoms with van der Waals surface area (Å²) in [6.07, 6.45) is 2.36. The molecular formula is C20H21S+. The molecule has 0 saturated heterocycles. The van der Waals surface area contributed by atoms with E-state index in [0.29, 0.717) is 5.92 Å². The Morgan fingerprint density at radius 1 is 0.810 bits per heavy atom. The molecule has 0 saturated carbocycles. The molecule has 106 valence electrons. The summed E-state index contributed by atoms with van der Waals surface area (Å²) < 4.78 is 0. The van der Waals surface area contributed by atoms with Crippen LogP contribution in [-0.2, 0) is 10.9 Å². The van der Waals surface area contributed by atoms with Gasteiger partial charge in [0.1, 0.15) is 12.0 Å². The zero-order valence-electron chi connectivity index (χ0n) is 12.6. The van der Waals surface area contributed by atoms with Gasteiger partial charge in [-0.2, -0.15) is 0 Å². The molecular weight excluding hydrogens is 272 g/mol. The number of hydrogen-bond acceptors (Lipinski definition) is 0. The van der Waals surface area contributed by atoms with E-state index in [1.54, 1.807) is 0 Å². The van der Waals surface area contributed by atoms with Crippen molar-refractivity contribution in [3.63, 3.8) is 0 Å². The van der Waals surface area contributed by atoms with Crippen LogP contribution in [0, 0.1) is 0 Å². The summed E-state index contributed by atoms with van der Waals surface area (Å²) in [4.78, 5) is 1.47. The van der Waals surface area contributed by atoms with E-state index in [-0.39, 0.29) is 10.9 Å². The van der Waals surface area contributed by atoms with Gasteiger partial charge in [0, 0.05) is 22.9 Å². The fraction of sp³-hybridized carbons (Fsp3) is 0.200. The second kappa shape index (κ2) is 6.36. The first-order chi connectivity index (χ1) is 10.2. The van der Waals surface area contributed by atoms with Gasteiger partial charge in [-0.15, -0.1) is 0 Å². The Kier molecular flexibility index (Phi) is 4.31. The van der Waals surface area contributed by atoms with Crippen molar-refractivity contribution < 1.29 is 0 Å². The molecule has 21 heavy (non-hydrogen) atoms. The van der Waals surface area contributed by atoms with E-state index >= 15 is 0 Å². The maximum Gasteiger partial charge on any atom is 0.155 e. The fourth-order valence-electron chi connectivity index (χ4n) is 2.73. The molecule has 0 bridgehead atoms. The third-order valence-corrected chi connectivity index (χ3v) is 6.05. The van der Waals surface area contributed by atoms with Crippen LogP contribution < -0.4 is 0 Å². The molecule has 3 aromatic carbocycles. The fourth-order valence-corrected chi connectivity index (χ4v) is 4.50. The molecule has 0 radical (unpaired) electrons. The molecule has 0 amide bonds. The Morgan fingerprint density at radius 3 is 2.24 bits per heavy atom. The first-order valence-corrected chi connectivity index (χ1v) is 9.20. The highest BCUT2D eigenvalue weighted by Gasteiger charge is 2.20. The van der Waals surface area contributed by atoms with E-state index in [1.165, 1.54) is 27.0 Å². The second-order valence-electron chi connectivity index (χ2n) is 5.62. The van der Waals surface area contributed by atoms with E-state index in [9.17, 15) is 0 Å². The van der Waals surface area contributed by atoms with Gasteiger partial charge in [0.05, 0.1) is 0 Å². The van der Waals surface area contributed by atoms with Gasteiger partial charge in [0.2, 0.25) is 0 Å². The highest BCUT2D eigenvalue weighted by molar-refractivity contribution is 7.96. The van der Waals surface area contributed by atoms with Gasteiger partial charge in [-0.1, -0.05) is 61.5 Å². The molecule has 0 N–H and O–H groups in total. The summed E-state index contributed by atoms with van der Waals surface area (Å²) in [5.74, 6) is 1.81. The Bertz CT molecular complexity index is 718. The average Bonchev–Trinajstić information content (AvgIpc) is 2.55. The highest BCUT2D eigenvalue weighted by Crippen LogP contribution is 2.24. The molecule has 0 heterocycles. The smallest absolute Gasteiger partial charge is 0.0622 e. The monoisotopic (exact) mass is 293 g/mol. The highest BCUT2D eigenvalue weighted by atomic mass is 32.2. The first-order valence-electron chi connectivity index (χ1n) is 7.40. The molecule has 0 aliphatic rings. The molecule has 0 spiro atoms. The molecule has 0 fully saturated rings. The summed E-state index contributed by atoms with van der Waals surface area (Å²) in [5, 5.41) is 2.68. The van der Waals surface area contributed by atoms with Crippen molar-refractivity contribution in [2.75, 3.05) is 12.0 Å². The van der Waals surface area contributed by atoms with Crippen LogP contribution >= 0.6 is 0 Å². The molecule has 0 aliphatic carbocycles. The molecule has 1 heteroatoms. The van der Waals surface area contributed by atoms with Crippen LogP contribution in [0.3, 0.4) is 0 Å². The summed E-state index contributed by atoms with van der Waals surface area (Å²) in [5.41, 5.74) is 1.44. The minimum absolute atomic E-state index is 0.280. The molecule has 0 aliphatic heterocycles. The van der Waals surface area contributed by atoms with Crippen LogP contribution in [0.25, 0.3) is 10.8 Å². The van der Waals surface area contributed by atoms with Crippen LogP contribution in [0.5, 0.6) is 0 Å². The maximum atomic E-state index is 2.36. The lowest BCUT2D eigenvalue weighted by atomic mass is 10.0. The average molecular weight is 293 g/mol. The standard InChI is InChI=1S/C20H21S/c1-16(17-8-4-3-5-9-17)15-21(2)20-13-12-18-10-6-7-11-19(18)14-20/h3-14,16H,15H2,1-2H3/q+1. The summed E-state index contributed by atoms with van der Waals surface area (Å²) in [6, 6.07) is 26.3. The van der Waals surface area contributed by atoms with Crippen molar-refractivity contribution in [2.45, 2.75) is 17.7 Å². The van der Waals surface area contributed by atoms with Gasteiger partial charge in [-0.05, 0) is 28.5 Å². The Labute approximate surface area is 130 Å². The molecule has 0 nitrogen and oxygen atoms in total. The summed E-state index contributed by atoms with van der Waals surface area (Å²) in [6.45, 7) is 2.33. The van der Waals surface area contributed by atoms with Crippen LogP contribution in [0.1, 0.15) is 18.4 Å². The van der Waals surface area contributed by atoms with Crippen LogP contribution in [0.15, 0.2) is 77.7 Å². The Balaban J connectivity index is 1.79. The summed E-state index contributed by atoms with van der Waals surface area (Å²) >= 11 is 0. The maximum absolute atomic E-state index is 2.36.